The van der Waals surface area contributed by atoms with Gasteiger partial charge < -0.3 is 14.2 Å². The highest BCUT2D eigenvalue weighted by Crippen LogP contribution is 2.29. The molecule has 0 bridgehead atoms. The summed E-state index contributed by atoms with van der Waals surface area (Å²) in [4.78, 5) is 18.1. The molecule has 190 valence electrons. The van der Waals surface area contributed by atoms with Gasteiger partial charge in [0.05, 0.1) is 24.9 Å². The molecule has 0 amide bonds. The quantitative estimate of drug-likeness (QED) is 0.240. The summed E-state index contributed by atoms with van der Waals surface area (Å²) in [6.07, 6.45) is 6.52. The normalized spacial score (nSPS) is 12.0. The van der Waals surface area contributed by atoms with Crippen molar-refractivity contribution in [1.29, 1.82) is 0 Å². The van der Waals surface area contributed by atoms with Gasteiger partial charge in [-0.2, -0.15) is 9.50 Å². The van der Waals surface area contributed by atoms with Gasteiger partial charge in [0.2, 0.25) is 4.96 Å². The van der Waals surface area contributed by atoms with Gasteiger partial charge in [0.15, 0.2) is 17.3 Å². The first kappa shape index (κ1) is 25.7. The molecule has 0 fully saturated rings. The third-order valence-corrected chi connectivity index (χ3v) is 6.58. The van der Waals surface area contributed by atoms with Crippen molar-refractivity contribution >= 4 is 22.4 Å². The molecular formula is C28H33N3O4S. The number of methoxy groups -OCH3 is 1. The zero-order valence-corrected chi connectivity index (χ0v) is 22.1. The van der Waals surface area contributed by atoms with Crippen LogP contribution < -0.4 is 24.3 Å². The van der Waals surface area contributed by atoms with E-state index in [1.165, 1.54) is 35.1 Å². The standard InChI is InChI=1S/C28H33N3O4S/c1-5-6-7-8-15-34-22-12-10-21(11-13-22)26-29-28-31(30-26)27(32)25(36-28)17-20-9-14-23(24(16-20)33-4)35-18-19(2)3/h9-14,16-17,19H,5-8,15,18H2,1-4H3. The minimum Gasteiger partial charge on any atom is -0.494 e. The molecule has 0 unspecified atom stereocenters. The predicted molar refractivity (Wildman–Crippen MR) is 144 cm³/mol. The third kappa shape index (κ3) is 6.23. The first-order valence-corrected chi connectivity index (χ1v) is 13.3. The molecule has 0 N–H and O–H groups in total. The lowest BCUT2D eigenvalue weighted by atomic mass is 10.2. The summed E-state index contributed by atoms with van der Waals surface area (Å²) in [5, 5.41) is 4.46. The Hall–Kier alpha value is -3.39. The molecule has 36 heavy (non-hydrogen) atoms. The fourth-order valence-corrected chi connectivity index (χ4v) is 4.58. The molecule has 2 heterocycles. The molecule has 2 aromatic heterocycles. The zero-order valence-electron chi connectivity index (χ0n) is 21.3. The number of ether oxygens (including phenoxy) is 3. The van der Waals surface area contributed by atoms with Crippen LogP contribution in [0.2, 0.25) is 0 Å². The number of nitrogens with zero attached hydrogens (tertiary/aromatic N) is 3. The van der Waals surface area contributed by atoms with Crippen LogP contribution in [-0.4, -0.2) is 34.9 Å². The Morgan fingerprint density at radius 3 is 2.53 bits per heavy atom. The molecule has 0 spiro atoms. The van der Waals surface area contributed by atoms with Gasteiger partial charge in [0, 0.05) is 5.56 Å². The summed E-state index contributed by atoms with van der Waals surface area (Å²) >= 11 is 1.31. The van der Waals surface area contributed by atoms with E-state index in [-0.39, 0.29) is 5.56 Å². The lowest BCUT2D eigenvalue weighted by molar-refractivity contribution is 0.257. The largest absolute Gasteiger partial charge is 0.494 e. The summed E-state index contributed by atoms with van der Waals surface area (Å²) in [6.45, 7) is 7.71. The van der Waals surface area contributed by atoms with Crippen LogP contribution in [0.3, 0.4) is 0 Å². The molecule has 0 aliphatic rings. The Morgan fingerprint density at radius 2 is 1.83 bits per heavy atom. The van der Waals surface area contributed by atoms with Crippen molar-refractivity contribution in [3.8, 4) is 28.6 Å². The van der Waals surface area contributed by atoms with Gasteiger partial charge in [0.1, 0.15) is 5.75 Å². The number of benzene rings is 2. The first-order chi connectivity index (χ1) is 17.5. The highest BCUT2D eigenvalue weighted by Gasteiger charge is 2.13. The molecule has 2 aromatic carbocycles. The second-order valence-electron chi connectivity index (χ2n) is 9.09. The van der Waals surface area contributed by atoms with Crippen molar-refractivity contribution in [3.63, 3.8) is 0 Å². The number of aromatic nitrogens is 3. The number of hydrogen-bond donors (Lipinski definition) is 0. The summed E-state index contributed by atoms with van der Waals surface area (Å²) < 4.78 is 19.0. The van der Waals surface area contributed by atoms with E-state index in [1.54, 1.807) is 7.11 Å². The van der Waals surface area contributed by atoms with Crippen molar-refractivity contribution in [2.45, 2.75) is 46.5 Å². The van der Waals surface area contributed by atoms with E-state index in [9.17, 15) is 4.79 Å². The van der Waals surface area contributed by atoms with Crippen LogP contribution >= 0.6 is 11.3 Å². The molecule has 0 aliphatic heterocycles. The van der Waals surface area contributed by atoms with Gasteiger partial charge in [-0.1, -0.05) is 57.4 Å². The lowest BCUT2D eigenvalue weighted by Crippen LogP contribution is -2.23. The zero-order chi connectivity index (χ0) is 25.5. The first-order valence-electron chi connectivity index (χ1n) is 12.4. The fourth-order valence-electron chi connectivity index (χ4n) is 3.68. The monoisotopic (exact) mass is 507 g/mol. The SMILES string of the molecule is CCCCCCOc1ccc(-c2nc3sc(=Cc4ccc(OCC(C)C)c(OC)c4)c(=O)n3n2)cc1. The van der Waals surface area contributed by atoms with E-state index in [0.29, 0.717) is 39.3 Å². The molecule has 0 saturated carbocycles. The Labute approximate surface area is 215 Å². The summed E-state index contributed by atoms with van der Waals surface area (Å²) in [5.41, 5.74) is 1.49. The molecule has 0 atom stereocenters. The van der Waals surface area contributed by atoms with Gasteiger partial charge >= 0.3 is 0 Å². The average molecular weight is 508 g/mol. The van der Waals surface area contributed by atoms with Crippen LogP contribution in [0, 0.1) is 5.92 Å². The van der Waals surface area contributed by atoms with Gasteiger partial charge in [-0.25, -0.2) is 0 Å². The maximum absolute atomic E-state index is 13.0. The summed E-state index contributed by atoms with van der Waals surface area (Å²) in [6, 6.07) is 13.3. The van der Waals surface area contributed by atoms with E-state index in [1.807, 2.05) is 48.5 Å². The molecule has 0 aliphatic carbocycles. The smallest absolute Gasteiger partial charge is 0.291 e. The lowest BCUT2D eigenvalue weighted by Gasteiger charge is -2.12. The van der Waals surface area contributed by atoms with Gasteiger partial charge in [-0.15, -0.1) is 5.10 Å². The average Bonchev–Trinajstić information content (AvgIpc) is 3.42. The van der Waals surface area contributed by atoms with Gasteiger partial charge in [0.25, 0.3) is 5.56 Å². The highest BCUT2D eigenvalue weighted by atomic mass is 32.1. The molecule has 7 nitrogen and oxygen atoms in total. The van der Waals surface area contributed by atoms with Crippen LogP contribution in [0.1, 0.15) is 52.0 Å². The van der Waals surface area contributed by atoms with E-state index < -0.39 is 0 Å². The second kappa shape index (κ2) is 12.0. The van der Waals surface area contributed by atoms with Crippen LogP contribution in [0.25, 0.3) is 22.4 Å². The fraction of sp³-hybridized carbons (Fsp3) is 0.393. The van der Waals surface area contributed by atoms with Crippen LogP contribution in [0.5, 0.6) is 17.2 Å². The van der Waals surface area contributed by atoms with E-state index in [0.717, 1.165) is 29.9 Å². The van der Waals surface area contributed by atoms with Crippen molar-refractivity contribution in [3.05, 3.63) is 62.9 Å². The number of unbranched alkanes of at least 4 members (excludes halogenated alkanes) is 3. The molecule has 4 aromatic rings. The Kier molecular flexibility index (Phi) is 8.59. The van der Waals surface area contributed by atoms with Crippen LogP contribution in [0.4, 0.5) is 0 Å². The van der Waals surface area contributed by atoms with Crippen molar-refractivity contribution in [2.75, 3.05) is 20.3 Å². The summed E-state index contributed by atoms with van der Waals surface area (Å²) in [7, 11) is 1.61. The minimum atomic E-state index is -0.195. The molecule has 8 heteroatoms. The molecule has 0 radical (unpaired) electrons. The predicted octanol–water partition coefficient (Wildman–Crippen LogP) is 5.37. The number of hydrogen-bond acceptors (Lipinski definition) is 7. The molecule has 0 saturated heterocycles. The molecular weight excluding hydrogens is 474 g/mol. The van der Waals surface area contributed by atoms with E-state index >= 15 is 0 Å². The summed E-state index contributed by atoms with van der Waals surface area (Å²) in [5.74, 6) is 3.08. The Balaban J connectivity index is 1.50. The van der Waals surface area contributed by atoms with Crippen LogP contribution in [0.15, 0.2) is 47.3 Å². The maximum Gasteiger partial charge on any atom is 0.291 e. The van der Waals surface area contributed by atoms with Gasteiger partial charge in [-0.3, -0.25) is 4.79 Å². The minimum absolute atomic E-state index is 0.195. The van der Waals surface area contributed by atoms with Crippen molar-refractivity contribution in [1.82, 2.24) is 14.6 Å². The van der Waals surface area contributed by atoms with Gasteiger partial charge in [-0.05, 0) is 60.4 Å². The topological polar surface area (TPSA) is 75.0 Å². The number of rotatable bonds is 12. The Bertz CT molecular complexity index is 1390. The number of thiazole rings is 1. The van der Waals surface area contributed by atoms with E-state index in [2.05, 4.69) is 30.9 Å². The van der Waals surface area contributed by atoms with E-state index in [4.69, 9.17) is 14.2 Å². The Morgan fingerprint density at radius 1 is 1.03 bits per heavy atom. The highest BCUT2D eigenvalue weighted by molar-refractivity contribution is 7.15. The van der Waals surface area contributed by atoms with Crippen molar-refractivity contribution < 1.29 is 14.2 Å². The molecule has 4 rings (SSSR count). The van der Waals surface area contributed by atoms with Crippen molar-refractivity contribution in [2.24, 2.45) is 5.92 Å². The second-order valence-corrected chi connectivity index (χ2v) is 10.1. The number of fused-ring (bicyclic) bond motifs is 1. The maximum atomic E-state index is 13.0. The van der Waals surface area contributed by atoms with Crippen LogP contribution in [-0.2, 0) is 0 Å². The third-order valence-electron chi connectivity index (χ3n) is 5.62.